The molecule has 0 bridgehead atoms. The van der Waals surface area contributed by atoms with Gasteiger partial charge in [-0.25, -0.2) is 0 Å². The Kier molecular flexibility index (Phi) is 2.17. The van der Waals surface area contributed by atoms with Crippen molar-refractivity contribution in [1.29, 1.82) is 0 Å². The second kappa shape index (κ2) is 2.69. The van der Waals surface area contributed by atoms with Crippen LogP contribution >= 0.6 is 0 Å². The van der Waals surface area contributed by atoms with Crippen LogP contribution in [0.2, 0.25) is 0 Å². The molecule has 0 amide bonds. The van der Waals surface area contributed by atoms with Crippen molar-refractivity contribution in [1.82, 2.24) is 0 Å². The Morgan fingerprint density at radius 3 is 2.36 bits per heavy atom. The van der Waals surface area contributed by atoms with Gasteiger partial charge >= 0.3 is 0 Å². The molecule has 11 heavy (non-hydrogen) atoms. The minimum atomic E-state index is -1.86. The summed E-state index contributed by atoms with van der Waals surface area (Å²) >= 11 is 0. The van der Waals surface area contributed by atoms with Crippen LogP contribution in [-0.4, -0.2) is 44.7 Å². The van der Waals surface area contributed by atoms with Crippen LogP contribution < -0.4 is 0 Å². The fourth-order valence-corrected chi connectivity index (χ4v) is 1.09. The normalized spacial score (nSPS) is 52.6. The van der Waals surface area contributed by atoms with E-state index in [1.807, 2.05) is 0 Å². The number of hydrogen-bond acceptors (Lipinski definition) is 5. The Hall–Kier alpha value is -0.200. The smallest absolute Gasteiger partial charge is 0.194 e. The average Bonchev–Trinajstić information content (AvgIpc) is 1.81. The lowest BCUT2D eigenvalue weighted by Crippen LogP contribution is -2.56. The van der Waals surface area contributed by atoms with E-state index in [4.69, 9.17) is 15.3 Å². The molecule has 1 saturated heterocycles. The predicted molar refractivity (Wildman–Crippen MR) is 34.3 cm³/mol. The van der Waals surface area contributed by atoms with Crippen LogP contribution in [0, 0.1) is 0 Å². The summed E-state index contributed by atoms with van der Waals surface area (Å²) in [4.78, 5) is 0. The molecule has 1 aliphatic heterocycles. The molecule has 0 aromatic rings. The van der Waals surface area contributed by atoms with E-state index in [1.54, 1.807) is 0 Å². The second-order valence-electron chi connectivity index (χ2n) is 2.88. The van der Waals surface area contributed by atoms with E-state index in [9.17, 15) is 5.11 Å². The third-order valence-electron chi connectivity index (χ3n) is 1.73. The van der Waals surface area contributed by atoms with Crippen molar-refractivity contribution >= 4 is 0 Å². The summed E-state index contributed by atoms with van der Waals surface area (Å²) in [5, 5.41) is 36.2. The Morgan fingerprint density at radius 2 is 1.91 bits per heavy atom. The molecule has 5 nitrogen and oxygen atoms in total. The molecular weight excluding hydrogens is 152 g/mol. The quantitative estimate of drug-likeness (QED) is 0.337. The summed E-state index contributed by atoms with van der Waals surface area (Å²) < 4.78 is 4.56. The highest BCUT2D eigenvalue weighted by atomic mass is 16.7. The van der Waals surface area contributed by atoms with E-state index in [-0.39, 0.29) is 6.42 Å². The number of ether oxygens (including phenoxy) is 1. The summed E-state index contributed by atoms with van der Waals surface area (Å²) in [7, 11) is 0. The number of hydrogen-bond donors (Lipinski definition) is 4. The monoisotopic (exact) mass is 164 g/mol. The molecule has 0 spiro atoms. The van der Waals surface area contributed by atoms with Gasteiger partial charge in [0.15, 0.2) is 12.1 Å². The lowest BCUT2D eigenvalue weighted by Gasteiger charge is -2.39. The molecule has 0 saturated carbocycles. The lowest BCUT2D eigenvalue weighted by atomic mass is 10.00. The first-order chi connectivity index (χ1) is 4.93. The molecule has 1 fully saturated rings. The van der Waals surface area contributed by atoms with Crippen molar-refractivity contribution in [2.45, 2.75) is 37.6 Å². The van der Waals surface area contributed by atoms with Crippen LogP contribution in [0.15, 0.2) is 0 Å². The highest BCUT2D eigenvalue weighted by Gasteiger charge is 2.43. The molecule has 0 aliphatic carbocycles. The molecular formula is C6H12O5. The van der Waals surface area contributed by atoms with Crippen molar-refractivity contribution in [3.8, 4) is 0 Å². The van der Waals surface area contributed by atoms with Crippen LogP contribution in [0.1, 0.15) is 13.3 Å². The van der Waals surface area contributed by atoms with Gasteiger partial charge in [-0.2, -0.15) is 0 Å². The molecule has 1 rings (SSSR count). The van der Waals surface area contributed by atoms with Crippen molar-refractivity contribution in [3.05, 3.63) is 0 Å². The van der Waals surface area contributed by atoms with Crippen molar-refractivity contribution in [3.63, 3.8) is 0 Å². The van der Waals surface area contributed by atoms with Crippen molar-refractivity contribution in [2.24, 2.45) is 0 Å². The summed E-state index contributed by atoms with van der Waals surface area (Å²) in [6.07, 6.45) is -3.82. The van der Waals surface area contributed by atoms with E-state index >= 15 is 0 Å². The minimum Gasteiger partial charge on any atom is -0.390 e. The van der Waals surface area contributed by atoms with Crippen molar-refractivity contribution in [2.75, 3.05) is 0 Å². The molecule has 4 N–H and O–H groups in total. The predicted octanol–water partition coefficient (Wildman–Crippen LogP) is -1.84. The Bertz CT molecular complexity index is 146. The van der Waals surface area contributed by atoms with Gasteiger partial charge in [-0.05, 0) is 6.92 Å². The molecule has 0 aromatic carbocycles. The SMILES string of the molecule is CC1(O)OC(O)C[C@H](O)C1O. The van der Waals surface area contributed by atoms with E-state index < -0.39 is 24.3 Å². The van der Waals surface area contributed by atoms with Gasteiger partial charge in [0, 0.05) is 6.42 Å². The first-order valence-electron chi connectivity index (χ1n) is 3.38. The highest BCUT2D eigenvalue weighted by molar-refractivity contribution is 4.84. The third kappa shape index (κ3) is 1.69. The van der Waals surface area contributed by atoms with E-state index in [1.165, 1.54) is 6.92 Å². The zero-order valence-electron chi connectivity index (χ0n) is 6.14. The zero-order chi connectivity index (χ0) is 8.65. The third-order valence-corrected chi connectivity index (χ3v) is 1.73. The highest BCUT2D eigenvalue weighted by Crippen LogP contribution is 2.25. The van der Waals surface area contributed by atoms with Gasteiger partial charge in [0.05, 0.1) is 6.10 Å². The van der Waals surface area contributed by atoms with Crippen LogP contribution in [0.5, 0.6) is 0 Å². The van der Waals surface area contributed by atoms with Crippen LogP contribution in [0.25, 0.3) is 0 Å². The fraction of sp³-hybridized carbons (Fsp3) is 1.00. The van der Waals surface area contributed by atoms with Gasteiger partial charge in [-0.3, -0.25) is 0 Å². The maximum absolute atomic E-state index is 9.19. The Morgan fingerprint density at radius 1 is 1.36 bits per heavy atom. The molecule has 0 aromatic heterocycles. The molecule has 1 heterocycles. The molecule has 5 heteroatoms. The minimum absolute atomic E-state index is 0.0860. The summed E-state index contributed by atoms with van der Waals surface area (Å²) in [6.45, 7) is 1.18. The van der Waals surface area contributed by atoms with Crippen LogP contribution in [0.4, 0.5) is 0 Å². The van der Waals surface area contributed by atoms with Gasteiger partial charge in [0.2, 0.25) is 0 Å². The molecule has 0 radical (unpaired) electrons. The Balaban J connectivity index is 2.67. The maximum Gasteiger partial charge on any atom is 0.194 e. The van der Waals surface area contributed by atoms with Gasteiger partial charge in [-0.1, -0.05) is 0 Å². The first-order valence-corrected chi connectivity index (χ1v) is 3.38. The fourth-order valence-electron chi connectivity index (χ4n) is 1.09. The van der Waals surface area contributed by atoms with Gasteiger partial charge in [0.1, 0.15) is 6.10 Å². The molecule has 4 atom stereocenters. The number of aliphatic hydroxyl groups excluding tert-OH is 3. The summed E-state index contributed by atoms with van der Waals surface area (Å²) in [5.74, 6) is -1.86. The van der Waals surface area contributed by atoms with Crippen LogP contribution in [0.3, 0.4) is 0 Å². The van der Waals surface area contributed by atoms with Crippen LogP contribution in [-0.2, 0) is 4.74 Å². The van der Waals surface area contributed by atoms with Crippen molar-refractivity contribution < 1.29 is 25.2 Å². The van der Waals surface area contributed by atoms with Gasteiger partial charge in [0.25, 0.3) is 0 Å². The van der Waals surface area contributed by atoms with E-state index in [2.05, 4.69) is 4.74 Å². The van der Waals surface area contributed by atoms with Gasteiger partial charge in [-0.15, -0.1) is 0 Å². The first kappa shape index (κ1) is 8.89. The lowest BCUT2D eigenvalue weighted by molar-refractivity contribution is -0.349. The average molecular weight is 164 g/mol. The van der Waals surface area contributed by atoms with Gasteiger partial charge < -0.3 is 25.2 Å². The maximum atomic E-state index is 9.19. The number of aliphatic hydroxyl groups is 4. The number of rotatable bonds is 0. The zero-order valence-corrected chi connectivity index (χ0v) is 6.14. The van der Waals surface area contributed by atoms with E-state index in [0.717, 1.165) is 0 Å². The van der Waals surface area contributed by atoms with E-state index in [0.29, 0.717) is 0 Å². The standard InChI is InChI=1S/C6H12O5/c1-6(10)5(9)3(7)2-4(8)11-6/h3-5,7-10H,2H2,1H3/t3-,4?,5?,6?/m0/s1. The largest absolute Gasteiger partial charge is 0.390 e. The Labute approximate surface area is 63.8 Å². The molecule has 3 unspecified atom stereocenters. The molecule has 66 valence electrons. The summed E-state index contributed by atoms with van der Waals surface area (Å²) in [6, 6.07) is 0. The topological polar surface area (TPSA) is 90.2 Å². The summed E-state index contributed by atoms with van der Waals surface area (Å²) in [5.41, 5.74) is 0. The molecule has 1 aliphatic rings. The second-order valence-corrected chi connectivity index (χ2v) is 2.88.